The highest BCUT2D eigenvalue weighted by atomic mass is 16.3. The Bertz CT molecular complexity index is 509. The van der Waals surface area contributed by atoms with Crippen LogP contribution in [-0.2, 0) is 13.0 Å². The third-order valence-corrected chi connectivity index (χ3v) is 2.67. The smallest absolute Gasteiger partial charge is 0.144 e. The topological polar surface area (TPSA) is 68.2 Å². The Balaban J connectivity index is 1.83. The van der Waals surface area contributed by atoms with Crippen molar-refractivity contribution in [2.75, 3.05) is 19.3 Å². The van der Waals surface area contributed by atoms with Crippen molar-refractivity contribution in [3.05, 3.63) is 41.7 Å². The highest BCUT2D eigenvalue weighted by molar-refractivity contribution is 5.24. The van der Waals surface area contributed by atoms with Gasteiger partial charge in [0, 0.05) is 19.2 Å². The number of nitrogens with zero attached hydrogens (tertiary/aromatic N) is 3. The standard InChI is InChI=1S/C13H18N4O/c1-10-3-4-11(18-10)6-8-17(2)9-13-15-7-5-12(14)16-13/h3-5,7H,6,8-9H2,1-2H3,(H2,14,15,16). The minimum atomic E-state index is 0.509. The van der Waals surface area contributed by atoms with Gasteiger partial charge < -0.3 is 10.2 Å². The van der Waals surface area contributed by atoms with Crippen molar-refractivity contribution in [3.63, 3.8) is 0 Å². The molecule has 0 fully saturated rings. The lowest BCUT2D eigenvalue weighted by molar-refractivity contribution is 0.311. The van der Waals surface area contributed by atoms with Crippen LogP contribution in [0.25, 0.3) is 0 Å². The highest BCUT2D eigenvalue weighted by Crippen LogP contribution is 2.08. The molecule has 0 aliphatic carbocycles. The molecule has 2 rings (SSSR count). The lowest BCUT2D eigenvalue weighted by Gasteiger charge is -2.14. The van der Waals surface area contributed by atoms with Crippen LogP contribution in [0.5, 0.6) is 0 Å². The van der Waals surface area contributed by atoms with Gasteiger partial charge >= 0.3 is 0 Å². The number of anilines is 1. The van der Waals surface area contributed by atoms with Gasteiger partial charge in [0.15, 0.2) is 0 Å². The van der Waals surface area contributed by atoms with E-state index in [2.05, 4.69) is 14.9 Å². The second kappa shape index (κ2) is 5.64. The summed E-state index contributed by atoms with van der Waals surface area (Å²) in [7, 11) is 2.03. The Kier molecular flexibility index (Phi) is 3.94. The first-order valence-corrected chi connectivity index (χ1v) is 5.95. The molecule has 2 N–H and O–H groups in total. The van der Waals surface area contributed by atoms with E-state index < -0.39 is 0 Å². The van der Waals surface area contributed by atoms with Crippen molar-refractivity contribution in [1.82, 2.24) is 14.9 Å². The van der Waals surface area contributed by atoms with Crippen LogP contribution in [0.1, 0.15) is 17.3 Å². The fourth-order valence-corrected chi connectivity index (χ4v) is 1.73. The van der Waals surface area contributed by atoms with E-state index in [4.69, 9.17) is 10.2 Å². The van der Waals surface area contributed by atoms with Crippen LogP contribution in [-0.4, -0.2) is 28.5 Å². The summed E-state index contributed by atoms with van der Waals surface area (Å²) in [5.41, 5.74) is 5.62. The summed E-state index contributed by atoms with van der Waals surface area (Å²) in [5.74, 6) is 3.21. The fraction of sp³-hybridized carbons (Fsp3) is 0.385. The molecule has 0 saturated carbocycles. The van der Waals surface area contributed by atoms with Crippen molar-refractivity contribution < 1.29 is 4.42 Å². The van der Waals surface area contributed by atoms with Crippen LogP contribution in [0, 0.1) is 6.92 Å². The quantitative estimate of drug-likeness (QED) is 0.868. The molecule has 0 radical (unpaired) electrons. The molecule has 0 aromatic carbocycles. The number of furan rings is 1. The number of aryl methyl sites for hydroxylation is 1. The molecule has 0 saturated heterocycles. The predicted octanol–water partition coefficient (Wildman–Crippen LogP) is 1.63. The number of nitrogens with two attached hydrogens (primary N) is 1. The van der Waals surface area contributed by atoms with Gasteiger partial charge in [-0.1, -0.05) is 0 Å². The predicted molar refractivity (Wildman–Crippen MR) is 69.9 cm³/mol. The number of hydrogen-bond donors (Lipinski definition) is 1. The molecule has 0 unspecified atom stereocenters. The highest BCUT2D eigenvalue weighted by Gasteiger charge is 2.05. The van der Waals surface area contributed by atoms with Crippen molar-refractivity contribution in [1.29, 1.82) is 0 Å². The van der Waals surface area contributed by atoms with Gasteiger partial charge in [-0.25, -0.2) is 9.97 Å². The Hall–Kier alpha value is -1.88. The summed E-state index contributed by atoms with van der Waals surface area (Å²) in [6.07, 6.45) is 2.56. The van der Waals surface area contributed by atoms with Crippen LogP contribution >= 0.6 is 0 Å². The van der Waals surface area contributed by atoms with Gasteiger partial charge in [0.2, 0.25) is 0 Å². The molecule has 2 aromatic rings. The van der Waals surface area contributed by atoms with Gasteiger partial charge in [-0.3, -0.25) is 4.90 Å². The molecule has 0 spiro atoms. The molecule has 5 nitrogen and oxygen atoms in total. The maximum absolute atomic E-state index is 5.62. The maximum atomic E-state index is 5.62. The van der Waals surface area contributed by atoms with Crippen LogP contribution in [0.3, 0.4) is 0 Å². The van der Waals surface area contributed by atoms with Crippen LogP contribution in [0.4, 0.5) is 5.82 Å². The van der Waals surface area contributed by atoms with Crippen LogP contribution in [0.15, 0.2) is 28.8 Å². The number of rotatable bonds is 5. The molecule has 0 aliphatic rings. The average molecular weight is 246 g/mol. The van der Waals surface area contributed by atoms with Gasteiger partial charge in [0.25, 0.3) is 0 Å². The molecule has 5 heteroatoms. The van der Waals surface area contributed by atoms with Gasteiger partial charge in [-0.2, -0.15) is 0 Å². The minimum absolute atomic E-state index is 0.509. The summed E-state index contributed by atoms with van der Waals surface area (Å²) >= 11 is 0. The molecule has 0 atom stereocenters. The second-order valence-electron chi connectivity index (χ2n) is 4.40. The minimum Gasteiger partial charge on any atom is -0.466 e. The Morgan fingerprint density at radius 2 is 2.17 bits per heavy atom. The number of hydrogen-bond acceptors (Lipinski definition) is 5. The molecule has 2 aromatic heterocycles. The van der Waals surface area contributed by atoms with E-state index in [1.165, 1.54) is 0 Å². The zero-order chi connectivity index (χ0) is 13.0. The number of likely N-dealkylation sites (N-methyl/N-ethyl adjacent to an activating group) is 1. The van der Waals surface area contributed by atoms with Gasteiger partial charge in [0.1, 0.15) is 23.2 Å². The average Bonchev–Trinajstić information content (AvgIpc) is 2.73. The van der Waals surface area contributed by atoms with E-state index in [-0.39, 0.29) is 0 Å². The van der Waals surface area contributed by atoms with E-state index in [0.717, 1.165) is 30.3 Å². The Morgan fingerprint density at radius 1 is 1.33 bits per heavy atom. The maximum Gasteiger partial charge on any atom is 0.144 e. The molecule has 0 aliphatic heterocycles. The molecule has 0 amide bonds. The van der Waals surface area contributed by atoms with Crippen molar-refractivity contribution in [2.45, 2.75) is 19.9 Å². The summed E-state index contributed by atoms with van der Waals surface area (Å²) in [6, 6.07) is 5.69. The molecule has 18 heavy (non-hydrogen) atoms. The van der Waals surface area contributed by atoms with E-state index >= 15 is 0 Å². The largest absolute Gasteiger partial charge is 0.466 e. The summed E-state index contributed by atoms with van der Waals surface area (Å²) in [5, 5.41) is 0. The molecule has 0 bridgehead atoms. The molecule has 2 heterocycles. The third-order valence-electron chi connectivity index (χ3n) is 2.67. The molecular formula is C13H18N4O. The fourth-order valence-electron chi connectivity index (χ4n) is 1.73. The number of aromatic nitrogens is 2. The molecule has 96 valence electrons. The van der Waals surface area contributed by atoms with Crippen molar-refractivity contribution in [3.8, 4) is 0 Å². The Labute approximate surface area is 107 Å². The van der Waals surface area contributed by atoms with E-state index in [9.17, 15) is 0 Å². The van der Waals surface area contributed by atoms with Gasteiger partial charge in [-0.15, -0.1) is 0 Å². The molecular weight excluding hydrogens is 228 g/mol. The summed E-state index contributed by atoms with van der Waals surface area (Å²) in [4.78, 5) is 10.5. The SMILES string of the molecule is Cc1ccc(CCN(C)Cc2nccc(N)n2)o1. The van der Waals surface area contributed by atoms with Crippen molar-refractivity contribution in [2.24, 2.45) is 0 Å². The van der Waals surface area contributed by atoms with E-state index in [0.29, 0.717) is 12.4 Å². The third kappa shape index (κ3) is 3.56. The zero-order valence-electron chi connectivity index (χ0n) is 10.8. The van der Waals surface area contributed by atoms with Crippen molar-refractivity contribution >= 4 is 5.82 Å². The normalized spacial score (nSPS) is 11.1. The van der Waals surface area contributed by atoms with E-state index in [1.807, 2.05) is 26.1 Å². The lowest BCUT2D eigenvalue weighted by atomic mass is 10.3. The first-order valence-electron chi connectivity index (χ1n) is 5.95. The monoisotopic (exact) mass is 246 g/mol. The van der Waals surface area contributed by atoms with Crippen LogP contribution in [0.2, 0.25) is 0 Å². The first-order chi connectivity index (χ1) is 8.63. The second-order valence-corrected chi connectivity index (χ2v) is 4.40. The Morgan fingerprint density at radius 3 is 2.83 bits per heavy atom. The van der Waals surface area contributed by atoms with Gasteiger partial charge in [-0.05, 0) is 32.2 Å². The zero-order valence-corrected chi connectivity index (χ0v) is 10.8. The first kappa shape index (κ1) is 12.6. The summed E-state index contributed by atoms with van der Waals surface area (Å²) < 4.78 is 5.53. The number of nitrogen functional groups attached to an aromatic ring is 1. The summed E-state index contributed by atoms with van der Waals surface area (Å²) in [6.45, 7) is 3.53. The van der Waals surface area contributed by atoms with E-state index in [1.54, 1.807) is 12.3 Å². The van der Waals surface area contributed by atoms with Crippen LogP contribution < -0.4 is 5.73 Å². The van der Waals surface area contributed by atoms with Gasteiger partial charge in [0.05, 0.1) is 6.54 Å². The lowest BCUT2D eigenvalue weighted by Crippen LogP contribution is -2.22.